The van der Waals surface area contributed by atoms with Gasteiger partial charge in [-0.05, 0) is 32.7 Å². The van der Waals surface area contributed by atoms with E-state index in [2.05, 4.69) is 31.0 Å². The lowest BCUT2D eigenvalue weighted by Crippen LogP contribution is -2.43. The Balaban J connectivity index is 2.15. The van der Waals surface area contributed by atoms with Crippen molar-refractivity contribution >= 4 is 0 Å². The smallest absolute Gasteiger partial charge is 0.0595 e. The van der Waals surface area contributed by atoms with E-state index in [1.807, 2.05) is 7.11 Å². The molecule has 0 aromatic heterocycles. The zero-order chi connectivity index (χ0) is 12.0. The van der Waals surface area contributed by atoms with Gasteiger partial charge in [0.15, 0.2) is 0 Å². The van der Waals surface area contributed by atoms with Crippen molar-refractivity contribution in [2.24, 2.45) is 0 Å². The molecule has 1 heterocycles. The van der Waals surface area contributed by atoms with Crippen LogP contribution < -0.4 is 5.32 Å². The van der Waals surface area contributed by atoms with Gasteiger partial charge in [0.25, 0.3) is 0 Å². The van der Waals surface area contributed by atoms with Crippen molar-refractivity contribution in [1.82, 2.24) is 10.2 Å². The van der Waals surface area contributed by atoms with E-state index in [9.17, 15) is 0 Å². The normalized spacial score (nSPS) is 21.6. The average molecular weight is 228 g/mol. The molecule has 1 atom stereocenters. The van der Waals surface area contributed by atoms with Gasteiger partial charge in [0.2, 0.25) is 0 Å². The van der Waals surface area contributed by atoms with Gasteiger partial charge in [-0.15, -0.1) is 0 Å². The van der Waals surface area contributed by atoms with E-state index in [-0.39, 0.29) is 0 Å². The summed E-state index contributed by atoms with van der Waals surface area (Å²) in [4.78, 5) is 2.59. The van der Waals surface area contributed by atoms with Crippen LogP contribution in [0.1, 0.15) is 40.0 Å². The van der Waals surface area contributed by atoms with E-state index in [4.69, 9.17) is 4.74 Å². The minimum absolute atomic E-state index is 0.497. The van der Waals surface area contributed by atoms with Crippen LogP contribution in [-0.4, -0.2) is 49.8 Å². The van der Waals surface area contributed by atoms with Gasteiger partial charge in [0, 0.05) is 32.3 Å². The van der Waals surface area contributed by atoms with Crippen molar-refractivity contribution in [3.63, 3.8) is 0 Å². The molecule has 3 nitrogen and oxygen atoms in total. The maximum atomic E-state index is 5.39. The molecular weight excluding hydrogens is 200 g/mol. The van der Waals surface area contributed by atoms with E-state index in [0.29, 0.717) is 18.2 Å². The number of nitrogens with zero attached hydrogens (tertiary/aromatic N) is 1. The van der Waals surface area contributed by atoms with E-state index in [0.717, 1.165) is 6.54 Å². The molecule has 0 spiro atoms. The molecule has 1 aliphatic heterocycles. The molecule has 0 aliphatic carbocycles. The van der Waals surface area contributed by atoms with Crippen LogP contribution in [0.25, 0.3) is 0 Å². The van der Waals surface area contributed by atoms with Crippen molar-refractivity contribution in [1.29, 1.82) is 0 Å². The van der Waals surface area contributed by atoms with Crippen molar-refractivity contribution in [3.05, 3.63) is 0 Å². The van der Waals surface area contributed by atoms with E-state index in [1.54, 1.807) is 0 Å². The first kappa shape index (κ1) is 13.9. The number of piperidine rings is 1. The largest absolute Gasteiger partial charge is 0.381 e. The molecule has 0 aromatic carbocycles. The summed E-state index contributed by atoms with van der Waals surface area (Å²) >= 11 is 0. The van der Waals surface area contributed by atoms with Gasteiger partial charge < -0.3 is 15.0 Å². The van der Waals surface area contributed by atoms with Gasteiger partial charge >= 0.3 is 0 Å². The molecule has 1 fully saturated rings. The van der Waals surface area contributed by atoms with E-state index in [1.165, 1.54) is 32.4 Å². The van der Waals surface area contributed by atoms with Crippen LogP contribution in [0, 0.1) is 0 Å². The highest BCUT2D eigenvalue weighted by Gasteiger charge is 2.21. The third-order valence-electron chi connectivity index (χ3n) is 3.55. The molecule has 3 heteroatoms. The Bertz CT molecular complexity index is 177. The Hall–Kier alpha value is -0.120. The number of hydrogen-bond donors (Lipinski definition) is 1. The van der Waals surface area contributed by atoms with Crippen LogP contribution in [0.4, 0.5) is 0 Å². The molecule has 1 aliphatic rings. The van der Waals surface area contributed by atoms with Gasteiger partial charge in [0.05, 0.1) is 6.10 Å². The first-order valence-electron chi connectivity index (χ1n) is 6.63. The number of rotatable bonds is 6. The van der Waals surface area contributed by atoms with E-state index >= 15 is 0 Å². The Labute approximate surface area is 101 Å². The second kappa shape index (κ2) is 7.25. The highest BCUT2D eigenvalue weighted by Crippen LogP contribution is 2.16. The summed E-state index contributed by atoms with van der Waals surface area (Å²) in [6.07, 6.45) is 4.13. The van der Waals surface area contributed by atoms with Crippen LogP contribution in [0.2, 0.25) is 0 Å². The zero-order valence-electron chi connectivity index (χ0n) is 11.3. The van der Waals surface area contributed by atoms with Gasteiger partial charge in [-0.3, -0.25) is 0 Å². The molecule has 1 unspecified atom stereocenters. The van der Waals surface area contributed by atoms with Gasteiger partial charge in [-0.1, -0.05) is 13.8 Å². The molecule has 1 N–H and O–H groups in total. The number of nitrogens with one attached hydrogen (secondary N) is 1. The summed E-state index contributed by atoms with van der Waals surface area (Å²) < 4.78 is 5.39. The van der Waals surface area contributed by atoms with Gasteiger partial charge in [-0.2, -0.15) is 0 Å². The Morgan fingerprint density at radius 3 is 2.38 bits per heavy atom. The highest BCUT2D eigenvalue weighted by molar-refractivity contribution is 4.77. The molecule has 16 heavy (non-hydrogen) atoms. The number of hydrogen-bond acceptors (Lipinski definition) is 3. The van der Waals surface area contributed by atoms with Crippen molar-refractivity contribution in [2.75, 3.05) is 26.7 Å². The van der Waals surface area contributed by atoms with Crippen LogP contribution >= 0.6 is 0 Å². The zero-order valence-corrected chi connectivity index (χ0v) is 11.3. The third kappa shape index (κ3) is 4.81. The fourth-order valence-electron chi connectivity index (χ4n) is 2.32. The molecule has 0 bridgehead atoms. The SMILES string of the molecule is COC1CCN(C(C)CCNC(C)C)CC1. The predicted molar refractivity (Wildman–Crippen MR) is 68.8 cm³/mol. The predicted octanol–water partition coefficient (Wildman–Crippen LogP) is 1.87. The van der Waals surface area contributed by atoms with Gasteiger partial charge in [0.1, 0.15) is 0 Å². The maximum absolute atomic E-state index is 5.39. The van der Waals surface area contributed by atoms with Gasteiger partial charge in [-0.25, -0.2) is 0 Å². The Kier molecular flexibility index (Phi) is 6.32. The standard InChI is InChI=1S/C13H28N2O/c1-11(2)14-8-5-12(3)15-9-6-13(16-4)7-10-15/h11-14H,5-10H2,1-4H3. The number of ether oxygens (including phenoxy) is 1. The fourth-order valence-corrected chi connectivity index (χ4v) is 2.32. The fraction of sp³-hybridized carbons (Fsp3) is 1.00. The second-order valence-corrected chi connectivity index (χ2v) is 5.22. The lowest BCUT2D eigenvalue weighted by atomic mass is 10.0. The first-order valence-corrected chi connectivity index (χ1v) is 6.63. The minimum atomic E-state index is 0.497. The molecule has 0 saturated carbocycles. The third-order valence-corrected chi connectivity index (χ3v) is 3.55. The topological polar surface area (TPSA) is 24.5 Å². The van der Waals surface area contributed by atoms with Crippen molar-refractivity contribution < 1.29 is 4.74 Å². The lowest BCUT2D eigenvalue weighted by molar-refractivity contribution is 0.0286. The summed E-state index contributed by atoms with van der Waals surface area (Å²) in [6, 6.07) is 1.30. The Morgan fingerprint density at radius 2 is 1.88 bits per heavy atom. The molecule has 1 saturated heterocycles. The summed E-state index contributed by atoms with van der Waals surface area (Å²) in [5, 5.41) is 3.48. The minimum Gasteiger partial charge on any atom is -0.381 e. The van der Waals surface area contributed by atoms with Crippen LogP contribution in [0.5, 0.6) is 0 Å². The molecule has 0 amide bonds. The van der Waals surface area contributed by atoms with Crippen LogP contribution in [0.3, 0.4) is 0 Å². The van der Waals surface area contributed by atoms with Crippen molar-refractivity contribution in [3.8, 4) is 0 Å². The molecular formula is C13H28N2O. The summed E-state index contributed by atoms with van der Waals surface area (Å²) in [7, 11) is 1.83. The molecule has 0 radical (unpaired) electrons. The lowest BCUT2D eigenvalue weighted by Gasteiger charge is -2.35. The summed E-state index contributed by atoms with van der Waals surface area (Å²) in [5.41, 5.74) is 0. The highest BCUT2D eigenvalue weighted by atomic mass is 16.5. The second-order valence-electron chi connectivity index (χ2n) is 5.22. The van der Waals surface area contributed by atoms with E-state index < -0.39 is 0 Å². The molecule has 1 rings (SSSR count). The maximum Gasteiger partial charge on any atom is 0.0595 e. The number of likely N-dealkylation sites (tertiary alicyclic amines) is 1. The Morgan fingerprint density at radius 1 is 1.25 bits per heavy atom. The average Bonchev–Trinajstić information content (AvgIpc) is 2.28. The first-order chi connectivity index (χ1) is 7.63. The van der Waals surface area contributed by atoms with Crippen LogP contribution in [-0.2, 0) is 4.74 Å². The summed E-state index contributed by atoms with van der Waals surface area (Å²) in [6.45, 7) is 10.3. The molecule has 0 aromatic rings. The molecule has 96 valence electrons. The summed E-state index contributed by atoms with van der Waals surface area (Å²) in [5.74, 6) is 0. The quantitative estimate of drug-likeness (QED) is 0.751. The monoisotopic (exact) mass is 228 g/mol. The number of methoxy groups -OCH3 is 1. The van der Waals surface area contributed by atoms with Crippen LogP contribution in [0.15, 0.2) is 0 Å². The van der Waals surface area contributed by atoms with Crippen molar-refractivity contribution in [2.45, 2.75) is 58.2 Å².